The SMILES string of the molecule is C=CC(=O)OCC(=O)OC1CCC(=O)OC1CC. The molecule has 0 spiro atoms. The van der Waals surface area contributed by atoms with Crippen LogP contribution >= 0.6 is 0 Å². The molecule has 6 nitrogen and oxygen atoms in total. The summed E-state index contributed by atoms with van der Waals surface area (Å²) >= 11 is 0. The molecule has 1 rings (SSSR count). The van der Waals surface area contributed by atoms with E-state index in [4.69, 9.17) is 9.47 Å². The van der Waals surface area contributed by atoms with Gasteiger partial charge in [0.15, 0.2) is 6.61 Å². The Morgan fingerprint density at radius 3 is 2.89 bits per heavy atom. The summed E-state index contributed by atoms with van der Waals surface area (Å²) in [6.45, 7) is 4.57. The largest absolute Gasteiger partial charge is 0.458 e. The number of ether oxygens (including phenoxy) is 3. The van der Waals surface area contributed by atoms with Crippen molar-refractivity contribution in [2.24, 2.45) is 0 Å². The first kappa shape index (κ1) is 14.2. The fraction of sp³-hybridized carbons (Fsp3) is 0.583. The minimum absolute atomic E-state index is 0.223. The van der Waals surface area contributed by atoms with E-state index in [0.29, 0.717) is 12.8 Å². The molecule has 0 bridgehead atoms. The van der Waals surface area contributed by atoms with Gasteiger partial charge in [-0.15, -0.1) is 0 Å². The Bertz CT molecular complexity index is 348. The molecule has 6 heteroatoms. The molecule has 1 saturated heterocycles. The molecule has 18 heavy (non-hydrogen) atoms. The van der Waals surface area contributed by atoms with Gasteiger partial charge >= 0.3 is 17.9 Å². The Kier molecular flexibility index (Phi) is 5.35. The van der Waals surface area contributed by atoms with Crippen molar-refractivity contribution in [3.8, 4) is 0 Å². The lowest BCUT2D eigenvalue weighted by molar-refractivity contribution is -0.180. The lowest BCUT2D eigenvalue weighted by atomic mass is 10.0. The summed E-state index contributed by atoms with van der Waals surface area (Å²) in [5, 5.41) is 0. The highest BCUT2D eigenvalue weighted by molar-refractivity contribution is 5.83. The number of esters is 3. The third-order valence-electron chi connectivity index (χ3n) is 2.51. The maximum Gasteiger partial charge on any atom is 0.344 e. The lowest BCUT2D eigenvalue weighted by Crippen LogP contribution is -2.40. The van der Waals surface area contributed by atoms with Crippen LogP contribution in [0.15, 0.2) is 12.7 Å². The van der Waals surface area contributed by atoms with Crippen LogP contribution in [-0.4, -0.2) is 36.7 Å². The van der Waals surface area contributed by atoms with Crippen LogP contribution in [-0.2, 0) is 28.6 Å². The van der Waals surface area contributed by atoms with Crippen LogP contribution in [0.2, 0.25) is 0 Å². The van der Waals surface area contributed by atoms with Crippen molar-refractivity contribution in [3.63, 3.8) is 0 Å². The third-order valence-corrected chi connectivity index (χ3v) is 2.51. The van der Waals surface area contributed by atoms with Gasteiger partial charge in [-0.2, -0.15) is 0 Å². The van der Waals surface area contributed by atoms with E-state index in [1.165, 1.54) is 0 Å². The van der Waals surface area contributed by atoms with Crippen LogP contribution in [0.1, 0.15) is 26.2 Å². The first-order valence-corrected chi connectivity index (χ1v) is 5.75. The Morgan fingerprint density at radius 1 is 1.56 bits per heavy atom. The van der Waals surface area contributed by atoms with Crippen molar-refractivity contribution >= 4 is 17.9 Å². The van der Waals surface area contributed by atoms with Gasteiger partial charge in [0.2, 0.25) is 0 Å². The molecule has 100 valence electrons. The summed E-state index contributed by atoms with van der Waals surface area (Å²) < 4.78 is 14.7. The van der Waals surface area contributed by atoms with Crippen LogP contribution in [0, 0.1) is 0 Å². The zero-order valence-electron chi connectivity index (χ0n) is 10.2. The Balaban J connectivity index is 2.40. The van der Waals surface area contributed by atoms with Crippen LogP contribution in [0.4, 0.5) is 0 Å². The highest BCUT2D eigenvalue weighted by atomic mass is 16.6. The molecule has 1 aliphatic rings. The van der Waals surface area contributed by atoms with E-state index >= 15 is 0 Å². The van der Waals surface area contributed by atoms with E-state index in [0.717, 1.165) is 6.08 Å². The maximum atomic E-state index is 11.4. The first-order valence-electron chi connectivity index (χ1n) is 5.75. The molecule has 1 aliphatic heterocycles. The van der Waals surface area contributed by atoms with E-state index in [1.807, 2.05) is 6.92 Å². The lowest BCUT2D eigenvalue weighted by Gasteiger charge is -2.29. The van der Waals surface area contributed by atoms with Gasteiger partial charge in [-0.3, -0.25) is 4.79 Å². The Labute approximate surface area is 105 Å². The highest BCUT2D eigenvalue weighted by Gasteiger charge is 2.32. The number of carbonyl (C=O) groups excluding carboxylic acids is 3. The molecule has 0 N–H and O–H groups in total. The van der Waals surface area contributed by atoms with E-state index < -0.39 is 30.8 Å². The summed E-state index contributed by atoms with van der Waals surface area (Å²) in [6, 6.07) is 0. The zero-order chi connectivity index (χ0) is 13.5. The van der Waals surface area contributed by atoms with E-state index in [9.17, 15) is 14.4 Å². The molecule has 0 aliphatic carbocycles. The molecule has 0 aromatic carbocycles. The first-order chi connectivity index (χ1) is 8.56. The summed E-state index contributed by atoms with van der Waals surface area (Å²) in [4.78, 5) is 33.2. The van der Waals surface area contributed by atoms with Crippen molar-refractivity contribution in [2.45, 2.75) is 38.4 Å². The van der Waals surface area contributed by atoms with Gasteiger partial charge in [0.25, 0.3) is 0 Å². The van der Waals surface area contributed by atoms with Gasteiger partial charge in [0.1, 0.15) is 12.2 Å². The van der Waals surface area contributed by atoms with Gasteiger partial charge in [-0.25, -0.2) is 9.59 Å². The van der Waals surface area contributed by atoms with Crippen molar-refractivity contribution in [1.29, 1.82) is 0 Å². The number of carbonyl (C=O) groups is 3. The van der Waals surface area contributed by atoms with E-state index in [-0.39, 0.29) is 12.4 Å². The molecule has 0 saturated carbocycles. The van der Waals surface area contributed by atoms with Crippen molar-refractivity contribution in [1.82, 2.24) is 0 Å². The predicted molar refractivity (Wildman–Crippen MR) is 60.4 cm³/mol. The van der Waals surface area contributed by atoms with Crippen molar-refractivity contribution in [2.75, 3.05) is 6.61 Å². The molecule has 0 aromatic heterocycles. The zero-order valence-corrected chi connectivity index (χ0v) is 10.2. The molecular weight excluding hydrogens is 240 g/mol. The standard InChI is InChI=1S/C12H16O6/c1-3-8-9(5-6-11(14)17-8)18-12(15)7-16-10(13)4-2/h4,8-9H,2-3,5-7H2,1H3. The van der Waals surface area contributed by atoms with Crippen LogP contribution in [0.5, 0.6) is 0 Å². The Morgan fingerprint density at radius 2 is 2.28 bits per heavy atom. The molecule has 1 heterocycles. The maximum absolute atomic E-state index is 11.4. The number of hydrogen-bond acceptors (Lipinski definition) is 6. The van der Waals surface area contributed by atoms with Gasteiger partial charge in [-0.05, 0) is 12.8 Å². The fourth-order valence-electron chi connectivity index (χ4n) is 1.62. The molecule has 0 aromatic rings. The fourth-order valence-corrected chi connectivity index (χ4v) is 1.62. The Hall–Kier alpha value is -1.85. The highest BCUT2D eigenvalue weighted by Crippen LogP contribution is 2.20. The van der Waals surface area contributed by atoms with Crippen molar-refractivity contribution < 1.29 is 28.6 Å². The summed E-state index contributed by atoms with van der Waals surface area (Å²) in [6.07, 6.45) is 1.29. The van der Waals surface area contributed by atoms with Gasteiger partial charge < -0.3 is 14.2 Å². The van der Waals surface area contributed by atoms with Crippen LogP contribution in [0.3, 0.4) is 0 Å². The molecule has 2 atom stereocenters. The van der Waals surface area contributed by atoms with Gasteiger partial charge in [0, 0.05) is 12.5 Å². The quantitative estimate of drug-likeness (QED) is 0.410. The van der Waals surface area contributed by atoms with Crippen molar-refractivity contribution in [3.05, 3.63) is 12.7 Å². The second-order valence-corrected chi connectivity index (χ2v) is 3.82. The average molecular weight is 256 g/mol. The molecule has 0 amide bonds. The van der Waals surface area contributed by atoms with Crippen LogP contribution in [0.25, 0.3) is 0 Å². The smallest absolute Gasteiger partial charge is 0.344 e. The van der Waals surface area contributed by atoms with Gasteiger partial charge in [-0.1, -0.05) is 13.5 Å². The monoisotopic (exact) mass is 256 g/mol. The summed E-state index contributed by atoms with van der Waals surface area (Å²) in [5.74, 6) is -1.63. The average Bonchev–Trinajstić information content (AvgIpc) is 2.37. The van der Waals surface area contributed by atoms with E-state index in [1.54, 1.807) is 0 Å². The van der Waals surface area contributed by atoms with Crippen LogP contribution < -0.4 is 0 Å². The predicted octanol–water partition coefficient (Wildman–Crippen LogP) is 0.743. The van der Waals surface area contributed by atoms with Gasteiger partial charge in [0.05, 0.1) is 0 Å². The van der Waals surface area contributed by atoms with E-state index in [2.05, 4.69) is 11.3 Å². The minimum Gasteiger partial charge on any atom is -0.458 e. The third kappa shape index (κ3) is 4.20. The summed E-state index contributed by atoms with van der Waals surface area (Å²) in [7, 11) is 0. The molecular formula is C12H16O6. The number of rotatable bonds is 5. The topological polar surface area (TPSA) is 78.9 Å². The molecule has 1 fully saturated rings. The molecule has 2 unspecified atom stereocenters. The number of hydrogen-bond donors (Lipinski definition) is 0. The second kappa shape index (κ2) is 6.78. The summed E-state index contributed by atoms with van der Waals surface area (Å²) in [5.41, 5.74) is 0. The normalized spacial score (nSPS) is 22.8. The molecule has 0 radical (unpaired) electrons. The number of cyclic esters (lactones) is 1. The minimum atomic E-state index is -0.686. The second-order valence-electron chi connectivity index (χ2n) is 3.82.